The van der Waals surface area contributed by atoms with Crippen molar-refractivity contribution >= 4 is 65.4 Å². The fraction of sp³-hybridized carbons (Fsp3) is 0. The molecular weight excluding hydrogens is 619 g/mol. The van der Waals surface area contributed by atoms with E-state index in [1.807, 2.05) is 0 Å². The van der Waals surface area contributed by atoms with Gasteiger partial charge in [-0.05, 0) is 66.2 Å². The molecule has 0 fully saturated rings. The van der Waals surface area contributed by atoms with Crippen LogP contribution >= 0.6 is 0 Å². The largest absolute Gasteiger partial charge is 0.309 e. The third-order valence-corrected chi connectivity index (χ3v) is 10.6. The number of benzene rings is 8. The summed E-state index contributed by atoms with van der Waals surface area (Å²) in [5.74, 6) is 0. The Hall–Kier alpha value is -6.84. The van der Waals surface area contributed by atoms with E-state index in [1.165, 1.54) is 76.5 Å². The average Bonchev–Trinajstić information content (AvgIpc) is 3.84. The summed E-state index contributed by atoms with van der Waals surface area (Å²) >= 11 is 0. The first-order valence-electron chi connectivity index (χ1n) is 17.5. The van der Waals surface area contributed by atoms with Crippen LogP contribution in [0.15, 0.2) is 188 Å². The standard InChI is InChI=1S/C48H31N3/c1-3-14-33(15-4-1)49-46-30-32(36-21-13-22-42-39-20-9-12-25-45(39)51(48(36)42)34-16-5-2-6-17-34)26-28-40(46)41-29-27-35(31-47(41)49)50-43-23-10-7-18-37(43)38-19-8-11-24-44(38)50/h1-31H. The van der Waals surface area contributed by atoms with Crippen molar-refractivity contribution < 1.29 is 0 Å². The Morgan fingerprint density at radius 1 is 0.255 bits per heavy atom. The second-order valence-electron chi connectivity index (χ2n) is 13.4. The van der Waals surface area contributed by atoms with Crippen LogP contribution in [0.25, 0.3) is 93.6 Å². The molecule has 0 radical (unpaired) electrons. The number of rotatable bonds is 4. The van der Waals surface area contributed by atoms with Gasteiger partial charge < -0.3 is 13.7 Å². The molecule has 0 unspecified atom stereocenters. The van der Waals surface area contributed by atoms with Crippen LogP contribution in [0.1, 0.15) is 0 Å². The van der Waals surface area contributed by atoms with Crippen LogP contribution in [0.4, 0.5) is 0 Å². The molecule has 3 heterocycles. The zero-order valence-electron chi connectivity index (χ0n) is 27.7. The van der Waals surface area contributed by atoms with Crippen molar-refractivity contribution in [2.24, 2.45) is 0 Å². The number of fused-ring (bicyclic) bond motifs is 9. The Morgan fingerprint density at radius 2 is 0.706 bits per heavy atom. The molecule has 0 aliphatic heterocycles. The molecule has 0 spiro atoms. The highest BCUT2D eigenvalue weighted by Gasteiger charge is 2.20. The lowest BCUT2D eigenvalue weighted by molar-refractivity contribution is 1.15. The first kappa shape index (κ1) is 28.0. The summed E-state index contributed by atoms with van der Waals surface area (Å²) in [6.07, 6.45) is 0. The second-order valence-corrected chi connectivity index (χ2v) is 13.4. The van der Waals surface area contributed by atoms with Crippen LogP contribution in [0.5, 0.6) is 0 Å². The van der Waals surface area contributed by atoms with E-state index >= 15 is 0 Å². The van der Waals surface area contributed by atoms with E-state index < -0.39 is 0 Å². The van der Waals surface area contributed by atoms with Crippen LogP contribution in [-0.4, -0.2) is 13.7 Å². The number of nitrogens with zero attached hydrogens (tertiary/aromatic N) is 3. The van der Waals surface area contributed by atoms with Crippen molar-refractivity contribution in [1.29, 1.82) is 0 Å². The van der Waals surface area contributed by atoms with Gasteiger partial charge in [0.05, 0.1) is 33.1 Å². The van der Waals surface area contributed by atoms with Gasteiger partial charge in [-0.3, -0.25) is 0 Å². The molecule has 11 rings (SSSR count). The van der Waals surface area contributed by atoms with Gasteiger partial charge in [-0.2, -0.15) is 0 Å². The molecule has 3 nitrogen and oxygen atoms in total. The molecule has 0 bridgehead atoms. The summed E-state index contributed by atoms with van der Waals surface area (Å²) in [7, 11) is 0. The highest BCUT2D eigenvalue weighted by atomic mass is 15.0. The minimum Gasteiger partial charge on any atom is -0.309 e. The van der Waals surface area contributed by atoms with Gasteiger partial charge in [0, 0.05) is 54.9 Å². The molecule has 0 aliphatic rings. The quantitative estimate of drug-likeness (QED) is 0.180. The van der Waals surface area contributed by atoms with Gasteiger partial charge in [-0.15, -0.1) is 0 Å². The van der Waals surface area contributed by atoms with Gasteiger partial charge in [0.2, 0.25) is 0 Å². The molecule has 3 aromatic heterocycles. The molecule has 0 saturated carbocycles. The fourth-order valence-corrected chi connectivity index (χ4v) is 8.47. The highest BCUT2D eigenvalue weighted by molar-refractivity contribution is 6.16. The number of hydrogen-bond acceptors (Lipinski definition) is 0. The van der Waals surface area contributed by atoms with Crippen LogP contribution in [0, 0.1) is 0 Å². The zero-order valence-corrected chi connectivity index (χ0v) is 27.7. The van der Waals surface area contributed by atoms with E-state index in [1.54, 1.807) is 0 Å². The monoisotopic (exact) mass is 649 g/mol. The van der Waals surface area contributed by atoms with Crippen LogP contribution in [0.3, 0.4) is 0 Å². The molecule has 0 amide bonds. The van der Waals surface area contributed by atoms with Crippen molar-refractivity contribution in [1.82, 2.24) is 13.7 Å². The average molecular weight is 650 g/mol. The molecule has 8 aromatic carbocycles. The van der Waals surface area contributed by atoms with Crippen molar-refractivity contribution in [2.45, 2.75) is 0 Å². The lowest BCUT2D eigenvalue weighted by atomic mass is 10.00. The molecule has 51 heavy (non-hydrogen) atoms. The number of aromatic nitrogens is 3. The van der Waals surface area contributed by atoms with Crippen molar-refractivity contribution in [3.8, 4) is 28.2 Å². The van der Waals surface area contributed by atoms with Crippen LogP contribution < -0.4 is 0 Å². The lowest BCUT2D eigenvalue weighted by Crippen LogP contribution is -1.97. The van der Waals surface area contributed by atoms with Crippen molar-refractivity contribution in [3.05, 3.63) is 188 Å². The number of para-hydroxylation sites is 6. The van der Waals surface area contributed by atoms with Gasteiger partial charge in [0.25, 0.3) is 0 Å². The van der Waals surface area contributed by atoms with Crippen molar-refractivity contribution in [3.63, 3.8) is 0 Å². The Labute approximate surface area is 294 Å². The third-order valence-electron chi connectivity index (χ3n) is 10.6. The Morgan fingerprint density at radius 3 is 1.35 bits per heavy atom. The summed E-state index contributed by atoms with van der Waals surface area (Å²) in [4.78, 5) is 0. The normalized spacial score (nSPS) is 11.9. The van der Waals surface area contributed by atoms with Gasteiger partial charge in [0.15, 0.2) is 0 Å². The van der Waals surface area contributed by atoms with Crippen LogP contribution in [0.2, 0.25) is 0 Å². The topological polar surface area (TPSA) is 14.8 Å². The predicted octanol–water partition coefficient (Wildman–Crippen LogP) is 12.6. The third kappa shape index (κ3) is 4.06. The first-order chi connectivity index (χ1) is 25.3. The van der Waals surface area contributed by atoms with Gasteiger partial charge in [-0.1, -0.05) is 127 Å². The molecule has 11 aromatic rings. The lowest BCUT2D eigenvalue weighted by Gasteiger charge is -2.13. The van der Waals surface area contributed by atoms with E-state index in [0.717, 1.165) is 17.1 Å². The molecular formula is C48H31N3. The summed E-state index contributed by atoms with van der Waals surface area (Å²) in [6, 6.07) is 68.4. The van der Waals surface area contributed by atoms with Gasteiger partial charge >= 0.3 is 0 Å². The van der Waals surface area contributed by atoms with Gasteiger partial charge in [-0.25, -0.2) is 0 Å². The van der Waals surface area contributed by atoms with Crippen LogP contribution in [-0.2, 0) is 0 Å². The zero-order chi connectivity index (χ0) is 33.5. The van der Waals surface area contributed by atoms with Crippen molar-refractivity contribution in [2.75, 3.05) is 0 Å². The fourth-order valence-electron chi connectivity index (χ4n) is 8.47. The smallest absolute Gasteiger partial charge is 0.0619 e. The summed E-state index contributed by atoms with van der Waals surface area (Å²) in [5, 5.41) is 7.53. The molecule has 0 saturated heterocycles. The minimum absolute atomic E-state index is 1.14. The Kier molecular flexibility index (Phi) is 5.96. The summed E-state index contributed by atoms with van der Waals surface area (Å²) in [6.45, 7) is 0. The van der Waals surface area contributed by atoms with E-state index in [4.69, 9.17) is 0 Å². The molecule has 0 N–H and O–H groups in total. The van der Waals surface area contributed by atoms with Gasteiger partial charge in [0.1, 0.15) is 0 Å². The highest BCUT2D eigenvalue weighted by Crippen LogP contribution is 2.41. The molecule has 0 atom stereocenters. The molecule has 238 valence electrons. The Balaban J connectivity index is 1.21. The maximum absolute atomic E-state index is 2.44. The predicted molar refractivity (Wildman–Crippen MR) is 215 cm³/mol. The summed E-state index contributed by atoms with van der Waals surface area (Å²) in [5.41, 5.74) is 13.1. The maximum atomic E-state index is 2.44. The maximum Gasteiger partial charge on any atom is 0.0619 e. The Bertz CT molecular complexity index is 3070. The van der Waals surface area contributed by atoms with E-state index in [2.05, 4.69) is 202 Å². The molecule has 0 aliphatic carbocycles. The minimum atomic E-state index is 1.14. The summed E-state index contributed by atoms with van der Waals surface area (Å²) < 4.78 is 7.28. The SMILES string of the molecule is c1ccc(-n2c3cc(-c4cccc5c6ccccc6n(-c6ccccc6)c45)ccc3c3ccc(-n4c5ccccc5c5ccccc54)cc32)cc1. The molecule has 3 heteroatoms. The van der Waals surface area contributed by atoms with E-state index in [0.29, 0.717) is 0 Å². The van der Waals surface area contributed by atoms with E-state index in [-0.39, 0.29) is 0 Å². The van der Waals surface area contributed by atoms with E-state index in [9.17, 15) is 0 Å². The second kappa shape index (κ2) is 10.8. The first-order valence-corrected chi connectivity index (χ1v) is 17.5. The number of hydrogen-bond donors (Lipinski definition) is 0.